The highest BCUT2D eigenvalue weighted by Crippen LogP contribution is 2.21. The second kappa shape index (κ2) is 24.9. The van der Waals surface area contributed by atoms with E-state index in [0.717, 1.165) is 17.1 Å². The molecule has 1 fully saturated rings. The van der Waals surface area contributed by atoms with Gasteiger partial charge < -0.3 is 30.6 Å². The van der Waals surface area contributed by atoms with Crippen LogP contribution in [-0.2, 0) is 49.6 Å². The van der Waals surface area contributed by atoms with Crippen LogP contribution in [0.4, 0.5) is 0 Å². The van der Waals surface area contributed by atoms with Crippen molar-refractivity contribution in [2.75, 3.05) is 105 Å². The Bertz CT molecular complexity index is 1690. The number of Topliss-reactive ketones (excluding diaryl/α,β-unsaturated/α-hetero) is 2. The summed E-state index contributed by atoms with van der Waals surface area (Å²) < 4.78 is 0.529. The molecule has 0 aliphatic carbocycles. The SMILES string of the molecule is O=C(O)CN1CCN(CC(=O)O)CCN(CC(=O)CCCN(CC(=O)CCC(=O)NCCN2C(=O)C=CC2=O)C(=O)Cc2ccc(O)c(I)c2)CCN(CC(=O)O)CC1. The van der Waals surface area contributed by atoms with Crippen LogP contribution in [0.1, 0.15) is 31.2 Å². The number of phenolic OH excluding ortho intramolecular Hbond substituents is 1. The van der Waals surface area contributed by atoms with Gasteiger partial charge in [-0.25, -0.2) is 0 Å². The van der Waals surface area contributed by atoms with Crippen LogP contribution in [0.2, 0.25) is 0 Å². The number of nitrogens with one attached hydrogen (secondary N) is 1. The fourth-order valence-electron chi connectivity index (χ4n) is 6.41. The number of halogens is 1. The van der Waals surface area contributed by atoms with Crippen molar-refractivity contribution in [2.45, 2.75) is 32.1 Å². The van der Waals surface area contributed by atoms with Crippen molar-refractivity contribution in [1.82, 2.24) is 34.7 Å². The molecule has 5 N–H and O–H groups in total. The zero-order valence-corrected chi connectivity index (χ0v) is 34.9. The summed E-state index contributed by atoms with van der Waals surface area (Å²) in [5.74, 6) is -5.61. The van der Waals surface area contributed by atoms with Crippen molar-refractivity contribution < 1.29 is 63.6 Å². The molecule has 2 heterocycles. The number of hydrogen-bond acceptors (Lipinski definition) is 14. The van der Waals surface area contributed by atoms with Gasteiger partial charge in [-0.1, -0.05) is 6.07 Å². The van der Waals surface area contributed by atoms with Gasteiger partial charge in [-0.05, 0) is 46.7 Å². The van der Waals surface area contributed by atoms with E-state index in [4.69, 9.17) is 0 Å². The number of imide groups is 1. The third kappa shape index (κ3) is 18.7. The maximum absolute atomic E-state index is 13.5. The minimum absolute atomic E-state index is 0.00218. The first-order valence-electron chi connectivity index (χ1n) is 19.1. The highest BCUT2D eigenvalue weighted by Gasteiger charge is 2.24. The molecule has 2 aliphatic heterocycles. The summed E-state index contributed by atoms with van der Waals surface area (Å²) in [5, 5.41) is 40.8. The van der Waals surface area contributed by atoms with Crippen LogP contribution in [-0.4, -0.2) is 208 Å². The quantitative estimate of drug-likeness (QED) is 0.0660. The number of hydrogen-bond donors (Lipinski definition) is 5. The number of carbonyl (C=O) groups excluding carboxylic acids is 6. The summed E-state index contributed by atoms with van der Waals surface area (Å²) in [6.07, 6.45) is 2.00. The number of rotatable bonds is 22. The molecule has 4 amide bonds. The first kappa shape index (κ1) is 48.5. The van der Waals surface area contributed by atoms with Crippen molar-refractivity contribution in [3.63, 3.8) is 0 Å². The molecule has 1 saturated heterocycles. The lowest BCUT2D eigenvalue weighted by atomic mass is 10.1. The third-order valence-corrected chi connectivity index (χ3v) is 10.4. The van der Waals surface area contributed by atoms with Crippen molar-refractivity contribution in [2.24, 2.45) is 0 Å². The van der Waals surface area contributed by atoms with E-state index >= 15 is 0 Å². The minimum Gasteiger partial charge on any atom is -0.507 e. The maximum Gasteiger partial charge on any atom is 0.317 e. The average molecular weight is 942 g/mol. The van der Waals surface area contributed by atoms with Crippen molar-refractivity contribution >= 4 is 75.7 Å². The Morgan fingerprint density at radius 2 is 1.17 bits per heavy atom. The summed E-state index contributed by atoms with van der Waals surface area (Å²) in [6.45, 7) is 0.708. The van der Waals surface area contributed by atoms with Crippen LogP contribution in [0.3, 0.4) is 0 Å². The maximum atomic E-state index is 13.5. The predicted molar refractivity (Wildman–Crippen MR) is 217 cm³/mol. The lowest BCUT2D eigenvalue weighted by Crippen LogP contribution is -2.49. The van der Waals surface area contributed by atoms with E-state index in [9.17, 15) is 63.6 Å². The Kier molecular flexibility index (Phi) is 20.5. The average Bonchev–Trinajstić information content (AvgIpc) is 3.47. The number of phenols is 1. The predicted octanol–water partition coefficient (Wildman–Crippen LogP) is -1.42. The Morgan fingerprint density at radius 3 is 1.64 bits per heavy atom. The molecule has 0 spiro atoms. The molecule has 0 aromatic heterocycles. The van der Waals surface area contributed by atoms with Gasteiger partial charge in [0.25, 0.3) is 11.8 Å². The van der Waals surface area contributed by atoms with Gasteiger partial charge in [-0.2, -0.15) is 0 Å². The molecular weight excluding hydrogens is 889 g/mol. The van der Waals surface area contributed by atoms with Crippen LogP contribution in [0.25, 0.3) is 0 Å². The van der Waals surface area contributed by atoms with Crippen LogP contribution < -0.4 is 5.32 Å². The number of nitrogens with zero attached hydrogens (tertiary/aromatic N) is 6. The van der Waals surface area contributed by atoms with E-state index in [1.165, 1.54) is 11.0 Å². The van der Waals surface area contributed by atoms with Gasteiger partial charge in [-0.3, -0.25) is 67.7 Å². The van der Waals surface area contributed by atoms with Gasteiger partial charge >= 0.3 is 17.9 Å². The van der Waals surface area contributed by atoms with Gasteiger partial charge in [0.05, 0.1) is 42.7 Å². The zero-order valence-electron chi connectivity index (χ0n) is 32.8. The number of carboxylic acids is 3. The second-order valence-corrected chi connectivity index (χ2v) is 15.4. The number of aliphatic carboxylic acids is 3. The van der Waals surface area contributed by atoms with E-state index < -0.39 is 47.3 Å². The monoisotopic (exact) mass is 941 g/mol. The summed E-state index contributed by atoms with van der Waals surface area (Å²) in [5.41, 5.74) is 0.592. The highest BCUT2D eigenvalue weighted by atomic mass is 127. The highest BCUT2D eigenvalue weighted by molar-refractivity contribution is 14.1. The van der Waals surface area contributed by atoms with Crippen molar-refractivity contribution in [3.8, 4) is 5.75 Å². The van der Waals surface area contributed by atoms with E-state index in [1.54, 1.807) is 26.8 Å². The van der Waals surface area contributed by atoms with E-state index in [-0.39, 0.29) is 148 Å². The minimum atomic E-state index is -1.07. The topological polar surface area (TPSA) is 266 Å². The van der Waals surface area contributed by atoms with Gasteiger partial charge in [0.15, 0.2) is 5.78 Å². The molecule has 0 bridgehead atoms. The molecular formula is C38H52IN7O13. The molecule has 0 radical (unpaired) electrons. The largest absolute Gasteiger partial charge is 0.507 e. The summed E-state index contributed by atoms with van der Waals surface area (Å²) in [4.78, 5) is 119. The number of amides is 4. The fraction of sp³-hybridized carbons (Fsp3) is 0.553. The van der Waals surface area contributed by atoms with E-state index in [0.29, 0.717) is 9.13 Å². The Balaban J connectivity index is 1.62. The van der Waals surface area contributed by atoms with Crippen molar-refractivity contribution in [1.29, 1.82) is 0 Å². The molecule has 0 atom stereocenters. The molecule has 324 valence electrons. The molecule has 1 aromatic rings. The Hall–Kier alpha value is -4.84. The molecule has 0 unspecified atom stereocenters. The fourth-order valence-corrected chi connectivity index (χ4v) is 6.99. The standard InChI is InChI=1S/C38H52IN7O13/c39-30-20-27(3-5-31(30)49)21-35(53)45(23-29(48)4-6-32(50)40-9-11-46-33(51)7-8-34(46)52)10-1-2-28(47)22-41-12-14-42(24-36(54)55)16-18-44(26-38(58)59)19-17-43(15-13-41)25-37(56)57/h3,5,7-8,20,49H,1-2,4,6,9-19,21-26H2,(H,40,50)(H,54,55)(H,56,57)(H,58,59). The summed E-state index contributed by atoms with van der Waals surface area (Å²) in [6, 6.07) is 4.68. The number of ketones is 2. The van der Waals surface area contributed by atoms with Crippen LogP contribution in [0, 0.1) is 3.57 Å². The number of aromatic hydroxyl groups is 1. The molecule has 3 rings (SSSR count). The Labute approximate surface area is 354 Å². The zero-order chi connectivity index (χ0) is 43.5. The van der Waals surface area contributed by atoms with Crippen LogP contribution >= 0.6 is 22.6 Å². The lowest BCUT2D eigenvalue weighted by molar-refractivity contribution is -0.140. The van der Waals surface area contributed by atoms with Gasteiger partial charge in [-0.15, -0.1) is 0 Å². The molecule has 1 aromatic carbocycles. The summed E-state index contributed by atoms with van der Waals surface area (Å²) >= 11 is 1.93. The van der Waals surface area contributed by atoms with Crippen LogP contribution in [0.5, 0.6) is 5.75 Å². The molecule has 2 aliphatic rings. The smallest absolute Gasteiger partial charge is 0.317 e. The molecule has 59 heavy (non-hydrogen) atoms. The lowest BCUT2D eigenvalue weighted by Gasteiger charge is -2.32. The van der Waals surface area contributed by atoms with E-state index in [1.807, 2.05) is 27.5 Å². The van der Waals surface area contributed by atoms with E-state index in [2.05, 4.69) is 5.32 Å². The second-order valence-electron chi connectivity index (χ2n) is 14.3. The van der Waals surface area contributed by atoms with Crippen molar-refractivity contribution in [3.05, 3.63) is 39.5 Å². The van der Waals surface area contributed by atoms with Gasteiger partial charge in [0, 0.05) is 103 Å². The number of carboxylic acid groups (broad SMARTS) is 3. The van der Waals surface area contributed by atoms with Gasteiger partial charge in [0.2, 0.25) is 11.8 Å². The molecule has 21 heteroatoms. The first-order chi connectivity index (χ1) is 28.0. The third-order valence-electron chi connectivity index (χ3n) is 9.57. The normalized spacial score (nSPS) is 16.3. The summed E-state index contributed by atoms with van der Waals surface area (Å²) in [7, 11) is 0. The Morgan fingerprint density at radius 1 is 0.678 bits per heavy atom. The number of carbonyl (C=O) groups is 9. The number of benzene rings is 1. The molecule has 0 saturated carbocycles. The first-order valence-corrected chi connectivity index (χ1v) is 20.2. The van der Waals surface area contributed by atoms with Gasteiger partial charge in [0.1, 0.15) is 11.5 Å². The molecule has 20 nitrogen and oxygen atoms in total. The van der Waals surface area contributed by atoms with Crippen LogP contribution in [0.15, 0.2) is 30.4 Å².